The number of hydrogen-bond acceptors (Lipinski definition) is 8. The first-order valence-corrected chi connectivity index (χ1v) is 19.3. The third-order valence-corrected chi connectivity index (χ3v) is 11.1. The van der Waals surface area contributed by atoms with E-state index in [1.807, 2.05) is 121 Å². The molecule has 6 aromatic carbocycles. The maximum absolute atomic E-state index is 12.5. The first-order chi connectivity index (χ1) is 28.5. The lowest BCUT2D eigenvalue weighted by Crippen LogP contribution is -2.47. The Morgan fingerprint density at radius 3 is 1.47 bits per heavy atom. The summed E-state index contributed by atoms with van der Waals surface area (Å²) in [5.41, 5.74) is 2.82. The van der Waals surface area contributed by atoms with E-state index in [2.05, 4.69) is 53.5 Å². The number of hydrogen-bond donors (Lipinski definition) is 0. The predicted octanol–water partition coefficient (Wildman–Crippen LogP) is 8.30. The zero-order valence-corrected chi connectivity index (χ0v) is 32.1. The zero-order chi connectivity index (χ0) is 39.5. The Hall–Kier alpha value is -6.52. The van der Waals surface area contributed by atoms with Crippen LogP contribution in [-0.4, -0.2) is 48.7 Å². The Labute approximate surface area is 337 Å². The highest BCUT2D eigenvalue weighted by Gasteiger charge is 2.56. The predicted molar refractivity (Wildman–Crippen MR) is 219 cm³/mol. The monoisotopic (exact) mass is 770 g/mol. The van der Waals surface area contributed by atoms with Crippen molar-refractivity contribution < 1.29 is 28.4 Å². The molecule has 3 heterocycles. The molecule has 1 aromatic heterocycles. The van der Waals surface area contributed by atoms with Crippen LogP contribution in [0.3, 0.4) is 0 Å². The Balaban J connectivity index is 1.20. The highest BCUT2D eigenvalue weighted by molar-refractivity contribution is 5.50. The molecule has 0 unspecified atom stereocenters. The van der Waals surface area contributed by atoms with E-state index in [9.17, 15) is 4.79 Å². The van der Waals surface area contributed by atoms with Crippen LogP contribution in [0.2, 0.25) is 0 Å². The molecule has 0 spiro atoms. The molecule has 0 bridgehead atoms. The van der Waals surface area contributed by atoms with Crippen molar-refractivity contribution in [2.75, 3.05) is 20.8 Å². The van der Waals surface area contributed by atoms with E-state index >= 15 is 0 Å². The molecular weight excluding hydrogens is 729 g/mol. The van der Waals surface area contributed by atoms with Gasteiger partial charge in [-0.05, 0) is 57.6 Å². The van der Waals surface area contributed by atoms with E-state index in [1.165, 1.54) is 6.07 Å². The number of nitrogens with zero attached hydrogens (tertiary/aromatic N) is 2. The van der Waals surface area contributed by atoms with Crippen LogP contribution in [0.15, 0.2) is 187 Å². The highest BCUT2D eigenvalue weighted by Crippen LogP contribution is 2.49. The summed E-state index contributed by atoms with van der Waals surface area (Å²) in [6, 6.07) is 58.2. The fourth-order valence-corrected chi connectivity index (χ4v) is 8.34. The number of fused-ring (bicyclic) bond motifs is 3. The van der Waals surface area contributed by atoms with E-state index < -0.39 is 41.3 Å². The number of methoxy groups -OCH3 is 2. The lowest BCUT2D eigenvalue weighted by molar-refractivity contribution is -0.133. The van der Waals surface area contributed by atoms with Crippen LogP contribution in [-0.2, 0) is 25.4 Å². The summed E-state index contributed by atoms with van der Waals surface area (Å²) in [6.45, 7) is 0.0854. The van der Waals surface area contributed by atoms with E-state index in [0.29, 0.717) is 0 Å². The molecule has 2 aliphatic heterocycles. The van der Waals surface area contributed by atoms with E-state index in [4.69, 9.17) is 28.4 Å². The third kappa shape index (κ3) is 6.53. The lowest BCUT2D eigenvalue weighted by Gasteiger charge is -2.41. The van der Waals surface area contributed by atoms with Crippen molar-refractivity contribution in [1.29, 1.82) is 0 Å². The summed E-state index contributed by atoms with van der Waals surface area (Å²) in [5.74, 6) is 1.45. The first kappa shape index (κ1) is 37.1. The van der Waals surface area contributed by atoms with Gasteiger partial charge in [-0.15, -0.1) is 0 Å². The van der Waals surface area contributed by atoms with E-state index in [1.54, 1.807) is 25.0 Å². The minimum absolute atomic E-state index is 0.0854. The SMILES string of the molecule is COc1ccc(C(OC[C@H]2O[C@@H]3[C@@H](Oc4nc(=O)ccn43)[C@@H]2OC(c2ccccc2)(c2ccccc2)c2ccc(OC)cc2)(c2ccccc2)c2ccccc2)cc1. The van der Waals surface area contributed by atoms with Crippen molar-refractivity contribution in [2.24, 2.45) is 0 Å². The van der Waals surface area contributed by atoms with Crippen molar-refractivity contribution in [1.82, 2.24) is 9.55 Å². The van der Waals surface area contributed by atoms with Gasteiger partial charge in [-0.3, -0.25) is 9.36 Å². The molecule has 0 aliphatic carbocycles. The van der Waals surface area contributed by atoms with Crippen molar-refractivity contribution in [2.45, 2.75) is 35.7 Å². The number of aromatic nitrogens is 2. The van der Waals surface area contributed by atoms with Gasteiger partial charge < -0.3 is 28.4 Å². The lowest BCUT2D eigenvalue weighted by atomic mass is 9.79. The van der Waals surface area contributed by atoms with Crippen LogP contribution in [0.1, 0.15) is 39.6 Å². The highest BCUT2D eigenvalue weighted by atomic mass is 16.7. The van der Waals surface area contributed by atoms with E-state index in [-0.39, 0.29) is 12.6 Å². The van der Waals surface area contributed by atoms with Gasteiger partial charge in [-0.25, -0.2) is 0 Å². The quantitative estimate of drug-likeness (QED) is 0.108. The molecule has 58 heavy (non-hydrogen) atoms. The fraction of sp³-hybridized carbons (Fsp3) is 0.184. The molecule has 0 radical (unpaired) electrons. The third-order valence-electron chi connectivity index (χ3n) is 11.1. The van der Waals surface area contributed by atoms with Crippen molar-refractivity contribution in [3.05, 3.63) is 226 Å². The van der Waals surface area contributed by atoms with Gasteiger partial charge in [0.25, 0.3) is 5.56 Å². The molecule has 1 saturated heterocycles. The summed E-state index contributed by atoms with van der Waals surface area (Å²) < 4.78 is 41.6. The van der Waals surface area contributed by atoms with Crippen LogP contribution in [0.5, 0.6) is 17.5 Å². The van der Waals surface area contributed by atoms with Gasteiger partial charge in [0.1, 0.15) is 34.9 Å². The average molecular weight is 771 g/mol. The minimum Gasteiger partial charge on any atom is -0.497 e. The maximum atomic E-state index is 12.5. The topological polar surface area (TPSA) is 90.3 Å². The van der Waals surface area contributed by atoms with Crippen LogP contribution >= 0.6 is 0 Å². The second-order valence-corrected chi connectivity index (χ2v) is 14.3. The summed E-state index contributed by atoms with van der Waals surface area (Å²) in [6.07, 6.45) is -1.14. The summed E-state index contributed by atoms with van der Waals surface area (Å²) in [7, 11) is 3.31. The van der Waals surface area contributed by atoms with Gasteiger partial charge in [0.05, 0.1) is 20.8 Å². The van der Waals surface area contributed by atoms with Crippen LogP contribution in [0.4, 0.5) is 0 Å². The normalized spacial score (nSPS) is 18.5. The smallest absolute Gasteiger partial charge is 0.302 e. The van der Waals surface area contributed by atoms with Crippen LogP contribution in [0, 0.1) is 0 Å². The molecule has 2 aliphatic rings. The van der Waals surface area contributed by atoms with Gasteiger partial charge in [0.2, 0.25) is 0 Å². The largest absolute Gasteiger partial charge is 0.497 e. The van der Waals surface area contributed by atoms with Crippen molar-refractivity contribution in [3.63, 3.8) is 0 Å². The number of ether oxygens (including phenoxy) is 6. The first-order valence-electron chi connectivity index (χ1n) is 19.3. The molecule has 9 nitrogen and oxygen atoms in total. The van der Waals surface area contributed by atoms with Gasteiger partial charge in [0, 0.05) is 12.3 Å². The molecule has 290 valence electrons. The standard InChI is InChI=1S/C49H42N2O7/c1-53-40-27-23-38(24-28-40)48(34-15-7-3-8-16-34,35-17-9-4-10-18-35)55-33-42-44(45-46(56-42)51-32-31-43(52)50-47(51)57-45)58-49(36-19-11-5-12-20-36,37-21-13-6-14-22-37)39-25-29-41(54-2)30-26-39/h3-32,42,44-46H,33H2,1-2H3/t42-,44-,45+,46-/m1/s1. The second kappa shape index (κ2) is 15.8. The molecule has 0 N–H and O–H groups in total. The molecule has 0 saturated carbocycles. The Kier molecular flexibility index (Phi) is 10.1. The molecule has 9 rings (SSSR count). The summed E-state index contributed by atoms with van der Waals surface area (Å²) in [5, 5.41) is 0. The zero-order valence-electron chi connectivity index (χ0n) is 32.1. The van der Waals surface area contributed by atoms with Gasteiger partial charge in [-0.1, -0.05) is 146 Å². The van der Waals surface area contributed by atoms with Crippen LogP contribution in [0.25, 0.3) is 0 Å². The number of benzene rings is 6. The van der Waals surface area contributed by atoms with Gasteiger partial charge in [0.15, 0.2) is 12.3 Å². The fourth-order valence-electron chi connectivity index (χ4n) is 8.34. The Bertz CT molecular complexity index is 2420. The average Bonchev–Trinajstić information content (AvgIpc) is 3.81. The molecule has 4 atom stereocenters. The molecular formula is C49H42N2O7. The molecule has 0 amide bonds. The Morgan fingerprint density at radius 2 is 1.00 bits per heavy atom. The van der Waals surface area contributed by atoms with Gasteiger partial charge >= 0.3 is 6.01 Å². The van der Waals surface area contributed by atoms with Crippen molar-refractivity contribution in [3.8, 4) is 17.5 Å². The maximum Gasteiger partial charge on any atom is 0.302 e. The summed E-state index contributed by atoms with van der Waals surface area (Å²) >= 11 is 0. The minimum atomic E-state index is -1.16. The van der Waals surface area contributed by atoms with Crippen molar-refractivity contribution >= 4 is 0 Å². The molecule has 9 heteroatoms. The molecule has 1 fully saturated rings. The Morgan fingerprint density at radius 1 is 0.569 bits per heavy atom. The van der Waals surface area contributed by atoms with E-state index in [0.717, 1.165) is 44.9 Å². The van der Waals surface area contributed by atoms with Gasteiger partial charge in [-0.2, -0.15) is 4.98 Å². The summed E-state index contributed by atoms with van der Waals surface area (Å²) in [4.78, 5) is 16.7. The molecule has 7 aromatic rings. The van der Waals surface area contributed by atoms with Crippen LogP contribution < -0.4 is 19.8 Å². The number of rotatable bonds is 13. The second-order valence-electron chi connectivity index (χ2n) is 14.3.